The molecule has 3 heterocycles. The smallest absolute Gasteiger partial charge is 0.251 e. The van der Waals surface area contributed by atoms with Crippen molar-refractivity contribution in [1.29, 1.82) is 0 Å². The normalized spacial score (nSPS) is 16.3. The highest BCUT2D eigenvalue weighted by Gasteiger charge is 2.24. The Hall–Kier alpha value is -3.16. The predicted molar refractivity (Wildman–Crippen MR) is 107 cm³/mol. The number of aryl methyl sites for hydroxylation is 1. The van der Waals surface area contributed by atoms with Crippen molar-refractivity contribution in [3.63, 3.8) is 0 Å². The molecule has 0 bridgehead atoms. The lowest BCUT2D eigenvalue weighted by Gasteiger charge is -2.27. The lowest BCUT2D eigenvalue weighted by atomic mass is 10.1. The summed E-state index contributed by atoms with van der Waals surface area (Å²) in [5.41, 5.74) is 1.54. The van der Waals surface area contributed by atoms with Crippen molar-refractivity contribution in [3.05, 3.63) is 47.7 Å². The number of hydrogen-bond donors (Lipinski definition) is 1. The molecule has 0 unspecified atom stereocenters. The van der Waals surface area contributed by atoms with E-state index in [9.17, 15) is 14.4 Å². The zero-order valence-corrected chi connectivity index (χ0v) is 16.3. The van der Waals surface area contributed by atoms with E-state index in [0.717, 1.165) is 30.8 Å². The average molecular weight is 395 g/mol. The zero-order chi connectivity index (χ0) is 20.2. The van der Waals surface area contributed by atoms with E-state index < -0.39 is 0 Å². The molecule has 1 fully saturated rings. The number of nitrogens with one attached hydrogen (secondary N) is 1. The van der Waals surface area contributed by atoms with Crippen molar-refractivity contribution in [2.24, 2.45) is 0 Å². The molecule has 0 atom stereocenters. The molecule has 1 N–H and O–H groups in total. The molecule has 29 heavy (non-hydrogen) atoms. The van der Waals surface area contributed by atoms with Crippen LogP contribution in [-0.4, -0.2) is 52.0 Å². The second kappa shape index (κ2) is 8.46. The van der Waals surface area contributed by atoms with E-state index >= 15 is 0 Å². The summed E-state index contributed by atoms with van der Waals surface area (Å²) in [5, 5.41) is 7.14. The highest BCUT2D eigenvalue weighted by molar-refractivity contribution is 5.95. The van der Waals surface area contributed by atoms with Gasteiger partial charge in [-0.15, -0.1) is 0 Å². The van der Waals surface area contributed by atoms with E-state index in [4.69, 9.17) is 0 Å². The van der Waals surface area contributed by atoms with E-state index in [1.165, 1.54) is 0 Å². The van der Waals surface area contributed by atoms with Gasteiger partial charge in [-0.05, 0) is 30.5 Å². The molecule has 3 amide bonds. The fraction of sp³-hybridized carbons (Fsp3) is 0.429. The number of amides is 3. The Morgan fingerprint density at radius 1 is 1.03 bits per heavy atom. The molecule has 1 aromatic carbocycles. The maximum atomic E-state index is 12.3. The Morgan fingerprint density at radius 3 is 2.62 bits per heavy atom. The van der Waals surface area contributed by atoms with Crippen molar-refractivity contribution in [2.45, 2.75) is 38.8 Å². The number of benzene rings is 1. The Balaban J connectivity index is 1.28. The first kappa shape index (κ1) is 19.2. The summed E-state index contributed by atoms with van der Waals surface area (Å²) in [7, 11) is 0. The molecule has 1 aromatic heterocycles. The second-order valence-electron chi connectivity index (χ2n) is 7.43. The Bertz CT molecular complexity index is 905. The second-order valence-corrected chi connectivity index (χ2v) is 7.43. The van der Waals surface area contributed by atoms with Crippen LogP contribution in [0.4, 0.5) is 5.82 Å². The Kier molecular flexibility index (Phi) is 5.59. The standard InChI is InChI=1S/C21H25N5O3/c27-19-3-1-12-24(19)13-2-10-22-21(29)17-6-4-16(5-7-17)15-25-18-8-11-23-26(18)14-9-20(25)28/h4-8,11H,1-3,9-10,12-15H2,(H,22,29). The number of rotatable bonds is 7. The van der Waals surface area contributed by atoms with Crippen LogP contribution in [-0.2, 0) is 22.7 Å². The fourth-order valence-corrected chi connectivity index (χ4v) is 3.82. The van der Waals surface area contributed by atoms with Crippen molar-refractivity contribution in [3.8, 4) is 0 Å². The number of carbonyl (C=O) groups excluding carboxylic acids is 3. The molecule has 2 aliphatic heterocycles. The van der Waals surface area contributed by atoms with Gasteiger partial charge in [0.2, 0.25) is 11.8 Å². The van der Waals surface area contributed by atoms with Crippen LogP contribution in [0.3, 0.4) is 0 Å². The number of nitrogens with zero attached hydrogens (tertiary/aromatic N) is 4. The van der Waals surface area contributed by atoms with Gasteiger partial charge >= 0.3 is 0 Å². The van der Waals surface area contributed by atoms with Gasteiger partial charge in [0.1, 0.15) is 5.82 Å². The van der Waals surface area contributed by atoms with Crippen molar-refractivity contribution in [2.75, 3.05) is 24.5 Å². The number of likely N-dealkylation sites (tertiary alicyclic amines) is 1. The molecular weight excluding hydrogens is 370 g/mol. The predicted octanol–water partition coefficient (Wildman–Crippen LogP) is 1.56. The number of aromatic nitrogens is 2. The van der Waals surface area contributed by atoms with Gasteiger partial charge in [-0.3, -0.25) is 19.3 Å². The minimum Gasteiger partial charge on any atom is -0.352 e. The maximum absolute atomic E-state index is 12.3. The van der Waals surface area contributed by atoms with E-state index in [2.05, 4.69) is 10.4 Å². The van der Waals surface area contributed by atoms with Crippen LogP contribution in [0.2, 0.25) is 0 Å². The molecule has 0 saturated carbocycles. The quantitative estimate of drug-likeness (QED) is 0.721. The van der Waals surface area contributed by atoms with Crippen LogP contribution in [0, 0.1) is 0 Å². The molecule has 0 spiro atoms. The number of carbonyl (C=O) groups is 3. The van der Waals surface area contributed by atoms with Crippen LogP contribution in [0.15, 0.2) is 36.5 Å². The molecule has 8 nitrogen and oxygen atoms in total. The Labute approximate surface area is 169 Å². The number of fused-ring (bicyclic) bond motifs is 1. The molecule has 0 aliphatic carbocycles. The van der Waals surface area contributed by atoms with Crippen LogP contribution in [0.5, 0.6) is 0 Å². The molecule has 2 aromatic rings. The van der Waals surface area contributed by atoms with Gasteiger partial charge in [0.25, 0.3) is 5.91 Å². The first-order valence-corrected chi connectivity index (χ1v) is 10.1. The minimum atomic E-state index is -0.128. The third-order valence-corrected chi connectivity index (χ3v) is 5.43. The average Bonchev–Trinajstić information content (AvgIpc) is 3.37. The van der Waals surface area contributed by atoms with Crippen LogP contribution >= 0.6 is 0 Å². The molecule has 0 radical (unpaired) electrons. The van der Waals surface area contributed by atoms with Crippen molar-refractivity contribution < 1.29 is 14.4 Å². The molecule has 1 saturated heterocycles. The molecule has 152 valence electrons. The van der Waals surface area contributed by atoms with E-state index in [-0.39, 0.29) is 17.7 Å². The third-order valence-electron chi connectivity index (χ3n) is 5.43. The van der Waals surface area contributed by atoms with Crippen molar-refractivity contribution >= 4 is 23.5 Å². The summed E-state index contributed by atoms with van der Waals surface area (Å²) in [6.45, 7) is 3.13. The fourth-order valence-electron chi connectivity index (χ4n) is 3.82. The summed E-state index contributed by atoms with van der Waals surface area (Å²) in [6, 6.07) is 9.15. The first-order chi connectivity index (χ1) is 14.1. The van der Waals surface area contributed by atoms with Gasteiger partial charge in [-0.2, -0.15) is 5.10 Å². The van der Waals surface area contributed by atoms with Gasteiger partial charge in [0.15, 0.2) is 0 Å². The number of anilines is 1. The van der Waals surface area contributed by atoms with Gasteiger partial charge in [0.05, 0.1) is 19.3 Å². The summed E-state index contributed by atoms with van der Waals surface area (Å²) in [5.74, 6) is 0.967. The maximum Gasteiger partial charge on any atom is 0.251 e. The van der Waals surface area contributed by atoms with Crippen LogP contribution < -0.4 is 10.2 Å². The SMILES string of the molecule is O=C(NCCCN1CCCC1=O)c1ccc(CN2C(=O)CCn3nccc32)cc1. The summed E-state index contributed by atoms with van der Waals surface area (Å²) >= 11 is 0. The highest BCUT2D eigenvalue weighted by atomic mass is 16.2. The molecular formula is C21H25N5O3. The van der Waals surface area contributed by atoms with Gasteiger partial charge in [0, 0.05) is 44.1 Å². The lowest BCUT2D eigenvalue weighted by Crippen LogP contribution is -2.36. The van der Waals surface area contributed by atoms with E-state index in [1.54, 1.807) is 23.2 Å². The summed E-state index contributed by atoms with van der Waals surface area (Å²) in [6.07, 6.45) is 4.47. The molecule has 8 heteroatoms. The highest BCUT2D eigenvalue weighted by Crippen LogP contribution is 2.23. The Morgan fingerprint density at radius 2 is 1.86 bits per heavy atom. The minimum absolute atomic E-state index is 0.0799. The molecule has 2 aliphatic rings. The topological polar surface area (TPSA) is 87.5 Å². The van der Waals surface area contributed by atoms with Gasteiger partial charge in [-0.1, -0.05) is 12.1 Å². The largest absolute Gasteiger partial charge is 0.352 e. The van der Waals surface area contributed by atoms with Gasteiger partial charge in [-0.25, -0.2) is 4.68 Å². The molecule has 4 rings (SSSR count). The summed E-state index contributed by atoms with van der Waals surface area (Å²) < 4.78 is 1.83. The van der Waals surface area contributed by atoms with Gasteiger partial charge < -0.3 is 10.2 Å². The number of hydrogen-bond acceptors (Lipinski definition) is 4. The van der Waals surface area contributed by atoms with E-state index in [0.29, 0.717) is 44.6 Å². The zero-order valence-electron chi connectivity index (χ0n) is 16.3. The van der Waals surface area contributed by atoms with Crippen LogP contribution in [0.25, 0.3) is 0 Å². The first-order valence-electron chi connectivity index (χ1n) is 10.1. The lowest BCUT2D eigenvalue weighted by molar-refractivity contribution is -0.127. The van der Waals surface area contributed by atoms with Crippen molar-refractivity contribution in [1.82, 2.24) is 20.0 Å². The summed E-state index contributed by atoms with van der Waals surface area (Å²) in [4.78, 5) is 39.8. The van der Waals surface area contributed by atoms with Crippen LogP contribution in [0.1, 0.15) is 41.6 Å². The monoisotopic (exact) mass is 395 g/mol. The third kappa shape index (κ3) is 4.31. The van der Waals surface area contributed by atoms with E-state index in [1.807, 2.05) is 27.8 Å².